The summed E-state index contributed by atoms with van der Waals surface area (Å²) in [6, 6.07) is 14.2. The van der Waals surface area contributed by atoms with Gasteiger partial charge in [0.2, 0.25) is 11.8 Å². The summed E-state index contributed by atoms with van der Waals surface area (Å²) < 4.78 is 28.7. The highest BCUT2D eigenvalue weighted by molar-refractivity contribution is 7.92. The van der Waals surface area contributed by atoms with Gasteiger partial charge in [0.15, 0.2) is 0 Å². The molecule has 0 fully saturated rings. The van der Waals surface area contributed by atoms with E-state index in [-0.39, 0.29) is 33.2 Å². The topological polar surface area (TPSA) is 86.8 Å². The van der Waals surface area contributed by atoms with Crippen molar-refractivity contribution in [1.29, 1.82) is 0 Å². The highest BCUT2D eigenvalue weighted by Crippen LogP contribution is 2.33. The summed E-state index contributed by atoms with van der Waals surface area (Å²) in [6.45, 7) is 6.23. The average Bonchev–Trinajstić information content (AvgIpc) is 2.87. The quantitative estimate of drug-likeness (QED) is 0.265. The van der Waals surface area contributed by atoms with Gasteiger partial charge in [-0.05, 0) is 75.7 Å². The number of anilines is 1. The van der Waals surface area contributed by atoms with Crippen LogP contribution in [0.3, 0.4) is 0 Å². The summed E-state index contributed by atoms with van der Waals surface area (Å²) in [5.74, 6) is -1.08. The molecule has 1 unspecified atom stereocenters. The van der Waals surface area contributed by atoms with E-state index in [4.69, 9.17) is 46.4 Å². The smallest absolute Gasteiger partial charge is 0.264 e. The zero-order valence-electron chi connectivity index (χ0n) is 22.3. The van der Waals surface area contributed by atoms with Crippen molar-refractivity contribution in [3.8, 4) is 0 Å². The molecule has 0 spiro atoms. The maximum Gasteiger partial charge on any atom is 0.264 e. The molecule has 3 aromatic rings. The second-order valence-electron chi connectivity index (χ2n) is 9.52. The molecule has 214 valence electrons. The van der Waals surface area contributed by atoms with E-state index in [1.807, 2.05) is 6.92 Å². The molecule has 0 radical (unpaired) electrons. The second kappa shape index (κ2) is 13.4. The molecule has 1 N–H and O–H groups in total. The minimum Gasteiger partial charge on any atom is -0.352 e. The summed E-state index contributed by atoms with van der Waals surface area (Å²) in [5, 5.41) is 3.80. The Morgan fingerprint density at radius 2 is 1.45 bits per heavy atom. The first kappa shape index (κ1) is 32.0. The van der Waals surface area contributed by atoms with Gasteiger partial charge in [-0.1, -0.05) is 70.2 Å². The van der Waals surface area contributed by atoms with Gasteiger partial charge in [0, 0.05) is 27.7 Å². The third-order valence-electron chi connectivity index (χ3n) is 6.02. The van der Waals surface area contributed by atoms with Gasteiger partial charge in [0.1, 0.15) is 12.6 Å². The molecule has 0 saturated heterocycles. The van der Waals surface area contributed by atoms with Crippen LogP contribution in [0.5, 0.6) is 0 Å². The number of amides is 2. The van der Waals surface area contributed by atoms with E-state index in [9.17, 15) is 18.0 Å². The molecule has 0 bridgehead atoms. The second-order valence-corrected chi connectivity index (χ2v) is 13.1. The predicted molar refractivity (Wildman–Crippen MR) is 162 cm³/mol. The largest absolute Gasteiger partial charge is 0.352 e. The fourth-order valence-electron chi connectivity index (χ4n) is 3.85. The number of benzene rings is 3. The number of nitrogens with zero attached hydrogens (tertiary/aromatic N) is 2. The number of aryl methyl sites for hydroxylation is 1. The number of carbonyl (C=O) groups is 2. The van der Waals surface area contributed by atoms with E-state index in [0.29, 0.717) is 15.6 Å². The van der Waals surface area contributed by atoms with Crippen LogP contribution >= 0.6 is 46.4 Å². The van der Waals surface area contributed by atoms with Crippen molar-refractivity contribution in [3.63, 3.8) is 0 Å². The monoisotopic (exact) mass is 643 g/mol. The molecule has 0 saturated carbocycles. The van der Waals surface area contributed by atoms with E-state index < -0.39 is 34.4 Å². The molecule has 1 atom stereocenters. The molecule has 7 nitrogen and oxygen atoms in total. The van der Waals surface area contributed by atoms with Crippen molar-refractivity contribution >= 4 is 73.9 Å². The van der Waals surface area contributed by atoms with Crippen LogP contribution in [-0.2, 0) is 26.2 Å². The van der Waals surface area contributed by atoms with E-state index >= 15 is 0 Å². The van der Waals surface area contributed by atoms with Crippen LogP contribution < -0.4 is 9.62 Å². The molecule has 3 aromatic carbocycles. The van der Waals surface area contributed by atoms with E-state index in [0.717, 1.165) is 9.87 Å². The Morgan fingerprint density at radius 1 is 0.850 bits per heavy atom. The van der Waals surface area contributed by atoms with E-state index in [1.165, 1.54) is 41.3 Å². The Bertz CT molecular complexity index is 1500. The Hall–Kier alpha value is -2.49. The molecule has 0 heterocycles. The lowest BCUT2D eigenvalue weighted by molar-refractivity contribution is -0.139. The molecule has 0 aliphatic heterocycles. The van der Waals surface area contributed by atoms with Crippen molar-refractivity contribution in [2.75, 3.05) is 10.8 Å². The first-order valence-electron chi connectivity index (χ1n) is 12.3. The summed E-state index contributed by atoms with van der Waals surface area (Å²) >= 11 is 25.1. The van der Waals surface area contributed by atoms with Gasteiger partial charge in [0.05, 0.1) is 15.6 Å². The van der Waals surface area contributed by atoms with Crippen LogP contribution in [0.15, 0.2) is 65.6 Å². The molecule has 0 aliphatic rings. The number of halogens is 4. The van der Waals surface area contributed by atoms with Crippen molar-refractivity contribution in [2.24, 2.45) is 0 Å². The lowest BCUT2D eigenvalue weighted by atomic mass is 10.1. The van der Waals surface area contributed by atoms with Crippen LogP contribution in [0, 0.1) is 6.92 Å². The molecular weight excluding hydrogens is 616 g/mol. The predicted octanol–water partition coefficient (Wildman–Crippen LogP) is 6.75. The van der Waals surface area contributed by atoms with Crippen LogP contribution in [0.1, 0.15) is 31.9 Å². The number of nitrogens with one attached hydrogen (secondary N) is 1. The minimum absolute atomic E-state index is 0.0202. The van der Waals surface area contributed by atoms with Gasteiger partial charge in [-0.3, -0.25) is 13.9 Å². The molecule has 2 amide bonds. The molecule has 40 heavy (non-hydrogen) atoms. The van der Waals surface area contributed by atoms with Crippen LogP contribution in [-0.4, -0.2) is 43.8 Å². The zero-order chi connectivity index (χ0) is 29.8. The van der Waals surface area contributed by atoms with Gasteiger partial charge in [0.25, 0.3) is 10.0 Å². The normalized spacial score (nSPS) is 12.2. The van der Waals surface area contributed by atoms with Gasteiger partial charge in [-0.25, -0.2) is 8.42 Å². The molecule has 3 rings (SSSR count). The number of rotatable bonds is 10. The molecular formula is C28H29Cl4N3O4S. The third-order valence-corrected chi connectivity index (χ3v) is 8.93. The summed E-state index contributed by atoms with van der Waals surface area (Å²) in [6.07, 6.45) is 0. The number of hydrogen-bond acceptors (Lipinski definition) is 4. The number of carbonyl (C=O) groups excluding carboxylic acids is 2. The Kier molecular flexibility index (Phi) is 10.8. The minimum atomic E-state index is -4.29. The summed E-state index contributed by atoms with van der Waals surface area (Å²) in [4.78, 5) is 28.2. The van der Waals surface area contributed by atoms with Crippen LogP contribution in [0.4, 0.5) is 5.69 Å². The summed E-state index contributed by atoms with van der Waals surface area (Å²) in [5.41, 5.74) is 1.41. The number of sulfonamides is 1. The third kappa shape index (κ3) is 7.83. The van der Waals surface area contributed by atoms with Crippen molar-refractivity contribution in [3.05, 3.63) is 91.9 Å². The van der Waals surface area contributed by atoms with E-state index in [2.05, 4.69) is 5.32 Å². The van der Waals surface area contributed by atoms with Gasteiger partial charge >= 0.3 is 0 Å². The average molecular weight is 645 g/mol. The van der Waals surface area contributed by atoms with Crippen molar-refractivity contribution in [2.45, 2.75) is 51.2 Å². The fourth-order valence-corrected chi connectivity index (χ4v) is 6.18. The van der Waals surface area contributed by atoms with Crippen LogP contribution in [0.25, 0.3) is 0 Å². The zero-order valence-corrected chi connectivity index (χ0v) is 26.1. The molecule has 0 aliphatic carbocycles. The van der Waals surface area contributed by atoms with E-state index in [1.54, 1.807) is 45.0 Å². The van der Waals surface area contributed by atoms with Gasteiger partial charge in [-0.2, -0.15) is 0 Å². The van der Waals surface area contributed by atoms with Crippen molar-refractivity contribution in [1.82, 2.24) is 10.2 Å². The fraction of sp³-hybridized carbons (Fsp3) is 0.286. The molecule has 0 aromatic heterocycles. The Labute approximate surface area is 255 Å². The lowest BCUT2D eigenvalue weighted by Gasteiger charge is -2.32. The standard InChI is InChI=1S/C28H29Cl4N3O4S/c1-17(2)33-28(37)19(4)34(15-20-7-8-21(29)13-25(20)32)27(36)16-35(26-14-22(30)9-12-24(26)31)40(38,39)23-10-5-18(3)6-11-23/h5-14,17,19H,15-16H2,1-4H3,(H,33,37). The Morgan fingerprint density at radius 3 is 2.05 bits per heavy atom. The highest BCUT2D eigenvalue weighted by atomic mass is 35.5. The maximum atomic E-state index is 14.0. The molecule has 12 heteroatoms. The van der Waals surface area contributed by atoms with Crippen LogP contribution in [0.2, 0.25) is 20.1 Å². The first-order chi connectivity index (χ1) is 18.7. The highest BCUT2D eigenvalue weighted by Gasteiger charge is 2.34. The number of hydrogen-bond donors (Lipinski definition) is 1. The Balaban J connectivity index is 2.10. The maximum absolute atomic E-state index is 14.0. The summed E-state index contributed by atoms with van der Waals surface area (Å²) in [7, 11) is -4.29. The van der Waals surface area contributed by atoms with Gasteiger partial charge < -0.3 is 10.2 Å². The van der Waals surface area contributed by atoms with Gasteiger partial charge in [-0.15, -0.1) is 0 Å². The lowest BCUT2D eigenvalue weighted by Crippen LogP contribution is -2.52. The first-order valence-corrected chi connectivity index (χ1v) is 15.2. The van der Waals surface area contributed by atoms with Crippen molar-refractivity contribution < 1.29 is 18.0 Å². The SMILES string of the molecule is Cc1ccc(S(=O)(=O)N(CC(=O)N(Cc2ccc(Cl)cc2Cl)C(C)C(=O)NC(C)C)c2cc(Cl)ccc2Cl)cc1.